The summed E-state index contributed by atoms with van der Waals surface area (Å²) in [6.07, 6.45) is 0.998. The standard InChI is InChI=1S/C12H14BrNOS2/c1-14-10(6-11-9(13)3-4-16-11)12-5-8(15-2)7-17-12/h3-5,7,10,14H,6H2,1-2H3. The molecule has 0 aromatic carbocycles. The summed E-state index contributed by atoms with van der Waals surface area (Å²) in [5, 5.41) is 7.52. The van der Waals surface area contributed by atoms with Crippen molar-refractivity contribution in [2.45, 2.75) is 12.5 Å². The van der Waals surface area contributed by atoms with Crippen molar-refractivity contribution in [3.8, 4) is 5.75 Å². The molecule has 1 N–H and O–H groups in total. The average molecular weight is 332 g/mol. The van der Waals surface area contributed by atoms with Gasteiger partial charge in [0.25, 0.3) is 0 Å². The molecule has 2 heterocycles. The first-order valence-corrected chi connectivity index (χ1v) is 7.81. The van der Waals surface area contributed by atoms with Crippen LogP contribution in [0.2, 0.25) is 0 Å². The molecule has 2 aromatic rings. The first-order valence-electron chi connectivity index (χ1n) is 5.26. The average Bonchev–Trinajstić information content (AvgIpc) is 2.95. The predicted octanol–water partition coefficient (Wildman–Crippen LogP) is 4.08. The number of ether oxygens (including phenoxy) is 1. The molecule has 2 rings (SSSR count). The van der Waals surface area contributed by atoms with Crippen molar-refractivity contribution in [2.24, 2.45) is 0 Å². The molecule has 0 amide bonds. The van der Waals surface area contributed by atoms with Gasteiger partial charge in [-0.25, -0.2) is 0 Å². The number of nitrogens with one attached hydrogen (secondary N) is 1. The molecule has 0 saturated heterocycles. The highest BCUT2D eigenvalue weighted by atomic mass is 79.9. The number of thiophene rings is 2. The molecule has 2 aromatic heterocycles. The van der Waals surface area contributed by atoms with Gasteiger partial charge in [-0.2, -0.15) is 0 Å². The third kappa shape index (κ3) is 3.10. The molecule has 1 atom stereocenters. The summed E-state index contributed by atoms with van der Waals surface area (Å²) in [5.74, 6) is 0.940. The van der Waals surface area contributed by atoms with Gasteiger partial charge in [-0.3, -0.25) is 0 Å². The summed E-state index contributed by atoms with van der Waals surface area (Å²) in [6, 6.07) is 4.55. The second-order valence-electron chi connectivity index (χ2n) is 3.63. The monoisotopic (exact) mass is 331 g/mol. The maximum absolute atomic E-state index is 5.22. The molecule has 0 bridgehead atoms. The lowest BCUT2D eigenvalue weighted by molar-refractivity contribution is 0.416. The number of halogens is 1. The Bertz CT molecular complexity index is 480. The smallest absolute Gasteiger partial charge is 0.129 e. The Hall–Kier alpha value is -0.360. The van der Waals surface area contributed by atoms with E-state index in [0.717, 1.165) is 12.2 Å². The highest BCUT2D eigenvalue weighted by molar-refractivity contribution is 9.10. The van der Waals surface area contributed by atoms with Crippen LogP contribution in [0.1, 0.15) is 15.8 Å². The van der Waals surface area contributed by atoms with Crippen LogP contribution in [0.15, 0.2) is 27.4 Å². The molecule has 0 spiro atoms. The van der Waals surface area contributed by atoms with Crippen molar-refractivity contribution in [3.63, 3.8) is 0 Å². The maximum Gasteiger partial charge on any atom is 0.129 e. The molecule has 92 valence electrons. The molecule has 0 radical (unpaired) electrons. The van der Waals surface area contributed by atoms with Gasteiger partial charge in [0.1, 0.15) is 5.75 Å². The normalized spacial score (nSPS) is 12.6. The predicted molar refractivity (Wildman–Crippen MR) is 78.4 cm³/mol. The van der Waals surface area contributed by atoms with Crippen LogP contribution in [0.3, 0.4) is 0 Å². The van der Waals surface area contributed by atoms with E-state index in [1.807, 2.05) is 12.4 Å². The summed E-state index contributed by atoms with van der Waals surface area (Å²) in [6.45, 7) is 0. The Morgan fingerprint density at radius 1 is 1.47 bits per heavy atom. The van der Waals surface area contributed by atoms with Crippen LogP contribution in [-0.2, 0) is 6.42 Å². The summed E-state index contributed by atoms with van der Waals surface area (Å²) >= 11 is 7.10. The minimum absolute atomic E-state index is 0.346. The van der Waals surface area contributed by atoms with Gasteiger partial charge in [-0.1, -0.05) is 0 Å². The zero-order valence-electron chi connectivity index (χ0n) is 9.70. The fourth-order valence-electron chi connectivity index (χ4n) is 1.63. The largest absolute Gasteiger partial charge is 0.496 e. The van der Waals surface area contributed by atoms with Gasteiger partial charge in [-0.05, 0) is 40.5 Å². The fourth-order valence-corrected chi connectivity index (χ4v) is 4.15. The maximum atomic E-state index is 5.22. The van der Waals surface area contributed by atoms with E-state index in [4.69, 9.17) is 4.74 Å². The van der Waals surface area contributed by atoms with E-state index in [9.17, 15) is 0 Å². The third-order valence-electron chi connectivity index (χ3n) is 2.60. The second-order valence-corrected chi connectivity index (χ2v) is 6.42. The van der Waals surface area contributed by atoms with Crippen LogP contribution in [-0.4, -0.2) is 14.2 Å². The minimum atomic E-state index is 0.346. The van der Waals surface area contributed by atoms with E-state index >= 15 is 0 Å². The van der Waals surface area contributed by atoms with Crippen molar-refractivity contribution in [3.05, 3.63) is 37.1 Å². The molecule has 0 aliphatic carbocycles. The van der Waals surface area contributed by atoms with E-state index < -0.39 is 0 Å². The number of rotatable bonds is 5. The topological polar surface area (TPSA) is 21.3 Å². The molecule has 0 aliphatic heterocycles. The van der Waals surface area contributed by atoms with Crippen molar-refractivity contribution in [2.75, 3.05) is 14.2 Å². The van der Waals surface area contributed by atoms with Gasteiger partial charge >= 0.3 is 0 Å². The molecule has 17 heavy (non-hydrogen) atoms. The molecule has 1 unspecified atom stereocenters. The summed E-state index contributed by atoms with van der Waals surface area (Å²) in [5.41, 5.74) is 0. The van der Waals surface area contributed by atoms with Crippen LogP contribution >= 0.6 is 38.6 Å². The zero-order valence-corrected chi connectivity index (χ0v) is 12.9. The van der Waals surface area contributed by atoms with Crippen LogP contribution in [0, 0.1) is 0 Å². The Balaban J connectivity index is 2.14. The van der Waals surface area contributed by atoms with Gasteiger partial charge in [0, 0.05) is 32.1 Å². The second kappa shape index (κ2) is 6.00. The van der Waals surface area contributed by atoms with Crippen LogP contribution in [0.4, 0.5) is 0 Å². The van der Waals surface area contributed by atoms with Crippen LogP contribution in [0.25, 0.3) is 0 Å². The van der Waals surface area contributed by atoms with Crippen LogP contribution < -0.4 is 10.1 Å². The Kier molecular flexibility index (Phi) is 4.62. The van der Waals surface area contributed by atoms with Gasteiger partial charge in [-0.15, -0.1) is 22.7 Å². The fraction of sp³-hybridized carbons (Fsp3) is 0.333. The molecule has 0 fully saturated rings. The Morgan fingerprint density at radius 2 is 2.29 bits per heavy atom. The van der Waals surface area contributed by atoms with E-state index in [2.05, 4.69) is 38.8 Å². The van der Waals surface area contributed by atoms with Gasteiger partial charge in [0.15, 0.2) is 0 Å². The molecule has 2 nitrogen and oxygen atoms in total. The quantitative estimate of drug-likeness (QED) is 0.891. The number of hydrogen-bond acceptors (Lipinski definition) is 4. The third-order valence-corrected chi connectivity index (χ3v) is 5.58. The van der Waals surface area contributed by atoms with Crippen LogP contribution in [0.5, 0.6) is 5.75 Å². The van der Waals surface area contributed by atoms with E-state index in [-0.39, 0.29) is 0 Å². The van der Waals surface area contributed by atoms with Crippen molar-refractivity contribution >= 4 is 38.6 Å². The van der Waals surface area contributed by atoms with Crippen molar-refractivity contribution < 1.29 is 4.74 Å². The highest BCUT2D eigenvalue weighted by Crippen LogP contribution is 2.32. The Morgan fingerprint density at radius 3 is 2.82 bits per heavy atom. The molecular weight excluding hydrogens is 318 g/mol. The van der Waals surface area contributed by atoms with E-state index in [0.29, 0.717) is 6.04 Å². The SMILES string of the molecule is CNC(Cc1sccc1Br)c1cc(OC)cs1. The van der Waals surface area contributed by atoms with Crippen molar-refractivity contribution in [1.29, 1.82) is 0 Å². The minimum Gasteiger partial charge on any atom is -0.496 e. The lowest BCUT2D eigenvalue weighted by Gasteiger charge is -2.13. The van der Waals surface area contributed by atoms with Gasteiger partial charge in [0.2, 0.25) is 0 Å². The lowest BCUT2D eigenvalue weighted by atomic mass is 10.1. The molecule has 5 heteroatoms. The number of hydrogen-bond donors (Lipinski definition) is 1. The number of methoxy groups -OCH3 is 1. The van der Waals surface area contributed by atoms with Gasteiger partial charge < -0.3 is 10.1 Å². The van der Waals surface area contributed by atoms with E-state index in [1.54, 1.807) is 29.8 Å². The summed E-state index contributed by atoms with van der Waals surface area (Å²) < 4.78 is 6.42. The number of likely N-dealkylation sites (N-methyl/N-ethyl adjacent to an activating group) is 1. The molecule has 0 aliphatic rings. The first-order chi connectivity index (χ1) is 8.24. The van der Waals surface area contributed by atoms with E-state index in [1.165, 1.54) is 14.2 Å². The molecular formula is C12H14BrNOS2. The zero-order chi connectivity index (χ0) is 12.3. The highest BCUT2D eigenvalue weighted by Gasteiger charge is 2.15. The Labute approximate surface area is 118 Å². The van der Waals surface area contributed by atoms with Crippen molar-refractivity contribution in [1.82, 2.24) is 5.32 Å². The first kappa shape index (κ1) is 13.1. The molecule has 0 saturated carbocycles. The summed E-state index contributed by atoms with van der Waals surface area (Å²) in [7, 11) is 3.70. The van der Waals surface area contributed by atoms with Gasteiger partial charge in [0.05, 0.1) is 7.11 Å². The summed E-state index contributed by atoms with van der Waals surface area (Å²) in [4.78, 5) is 2.68. The lowest BCUT2D eigenvalue weighted by Crippen LogP contribution is -2.17.